The maximum absolute atomic E-state index is 10.9. The highest BCUT2D eigenvalue weighted by atomic mass is 16.3. The summed E-state index contributed by atoms with van der Waals surface area (Å²) in [5.74, 6) is -0.158. The van der Waals surface area contributed by atoms with E-state index in [2.05, 4.69) is 5.32 Å². The molecular weight excluding hydrogens is 180 g/mol. The van der Waals surface area contributed by atoms with E-state index in [4.69, 9.17) is 10.8 Å². The minimum absolute atomic E-state index is 0.217. The number of carbonyl (C=O) groups excluding carboxylic acids is 1. The van der Waals surface area contributed by atoms with E-state index in [0.717, 1.165) is 5.56 Å². The lowest BCUT2D eigenvalue weighted by Gasteiger charge is -2.11. The van der Waals surface area contributed by atoms with E-state index in [9.17, 15) is 4.79 Å². The van der Waals surface area contributed by atoms with Crippen LogP contribution in [0, 0.1) is 0 Å². The SMILES string of the molecule is CN[C@H](Cc1ccc(O)cc1)C(N)=O. The number of phenolic OH excluding ortho intramolecular Hbond substituents is 1. The first-order valence-corrected chi connectivity index (χ1v) is 4.38. The molecule has 4 nitrogen and oxygen atoms in total. The smallest absolute Gasteiger partial charge is 0.234 e. The van der Waals surface area contributed by atoms with E-state index in [1.165, 1.54) is 0 Å². The van der Waals surface area contributed by atoms with Crippen molar-refractivity contribution in [1.29, 1.82) is 0 Å². The van der Waals surface area contributed by atoms with Crippen LogP contribution in [0.3, 0.4) is 0 Å². The Labute approximate surface area is 82.7 Å². The van der Waals surface area contributed by atoms with Gasteiger partial charge in [-0.2, -0.15) is 0 Å². The van der Waals surface area contributed by atoms with Crippen LogP contribution in [0.1, 0.15) is 5.56 Å². The molecule has 1 atom stereocenters. The van der Waals surface area contributed by atoms with E-state index in [1.807, 2.05) is 0 Å². The largest absolute Gasteiger partial charge is 0.508 e. The number of hydrogen-bond donors (Lipinski definition) is 3. The zero-order chi connectivity index (χ0) is 10.6. The van der Waals surface area contributed by atoms with Crippen LogP contribution in [-0.2, 0) is 11.2 Å². The second kappa shape index (κ2) is 4.62. The summed E-state index contributed by atoms with van der Waals surface area (Å²) in [6.07, 6.45) is 0.534. The number of primary amides is 1. The molecule has 0 radical (unpaired) electrons. The average Bonchev–Trinajstić information content (AvgIpc) is 2.16. The lowest BCUT2D eigenvalue weighted by atomic mass is 10.1. The van der Waals surface area contributed by atoms with Crippen LogP contribution in [0.5, 0.6) is 5.75 Å². The highest BCUT2D eigenvalue weighted by Crippen LogP contribution is 2.10. The van der Waals surface area contributed by atoms with Gasteiger partial charge in [-0.25, -0.2) is 0 Å². The lowest BCUT2D eigenvalue weighted by Crippen LogP contribution is -2.40. The molecule has 0 bridgehead atoms. The molecule has 0 fully saturated rings. The summed E-state index contributed by atoms with van der Waals surface area (Å²) in [6.45, 7) is 0. The number of nitrogens with one attached hydrogen (secondary N) is 1. The standard InChI is InChI=1S/C10H14N2O2/c1-12-9(10(11)14)6-7-2-4-8(13)5-3-7/h2-5,9,12-13H,6H2,1H3,(H2,11,14)/t9-/m1/s1. The van der Waals surface area contributed by atoms with Gasteiger partial charge in [-0.05, 0) is 31.2 Å². The number of likely N-dealkylation sites (N-methyl/N-ethyl adjacent to an activating group) is 1. The Kier molecular flexibility index (Phi) is 3.48. The molecule has 1 amide bonds. The predicted octanol–water partition coefficient (Wildman–Crippen LogP) is 0.00800. The van der Waals surface area contributed by atoms with Gasteiger partial charge in [-0.15, -0.1) is 0 Å². The van der Waals surface area contributed by atoms with Gasteiger partial charge in [0.1, 0.15) is 5.75 Å². The summed E-state index contributed by atoms with van der Waals surface area (Å²) in [7, 11) is 1.69. The lowest BCUT2D eigenvalue weighted by molar-refractivity contribution is -0.119. The van der Waals surface area contributed by atoms with Crippen LogP contribution in [0.25, 0.3) is 0 Å². The van der Waals surface area contributed by atoms with E-state index >= 15 is 0 Å². The Morgan fingerprint density at radius 1 is 1.50 bits per heavy atom. The summed E-state index contributed by atoms with van der Waals surface area (Å²) in [5.41, 5.74) is 6.13. The molecule has 0 saturated heterocycles. The molecule has 0 unspecified atom stereocenters. The van der Waals surface area contributed by atoms with Gasteiger partial charge in [0.15, 0.2) is 0 Å². The van der Waals surface area contributed by atoms with E-state index in [0.29, 0.717) is 6.42 Å². The van der Waals surface area contributed by atoms with Crippen LogP contribution in [0.4, 0.5) is 0 Å². The molecule has 0 aliphatic carbocycles. The van der Waals surface area contributed by atoms with Gasteiger partial charge in [0.2, 0.25) is 5.91 Å². The van der Waals surface area contributed by atoms with Crippen molar-refractivity contribution >= 4 is 5.91 Å². The van der Waals surface area contributed by atoms with Gasteiger partial charge in [0, 0.05) is 0 Å². The molecule has 0 aliphatic heterocycles. The Balaban J connectivity index is 2.67. The third-order valence-corrected chi connectivity index (χ3v) is 2.07. The summed E-state index contributed by atoms with van der Waals surface area (Å²) < 4.78 is 0. The summed E-state index contributed by atoms with van der Waals surface area (Å²) in [4.78, 5) is 10.9. The van der Waals surface area contributed by atoms with Crippen molar-refractivity contribution in [3.8, 4) is 5.75 Å². The van der Waals surface area contributed by atoms with Crippen molar-refractivity contribution in [2.45, 2.75) is 12.5 Å². The molecule has 0 saturated carbocycles. The van der Waals surface area contributed by atoms with Gasteiger partial charge in [-0.1, -0.05) is 12.1 Å². The number of carbonyl (C=O) groups is 1. The molecule has 0 heterocycles. The number of hydrogen-bond acceptors (Lipinski definition) is 3. The first-order valence-electron chi connectivity index (χ1n) is 4.38. The quantitative estimate of drug-likeness (QED) is 0.632. The molecule has 0 spiro atoms. The molecule has 0 aliphatic rings. The third-order valence-electron chi connectivity index (χ3n) is 2.07. The van der Waals surface area contributed by atoms with E-state index in [1.54, 1.807) is 31.3 Å². The number of nitrogens with two attached hydrogens (primary N) is 1. The molecule has 4 N–H and O–H groups in total. The number of aromatic hydroxyl groups is 1. The fraction of sp³-hybridized carbons (Fsp3) is 0.300. The van der Waals surface area contributed by atoms with Crippen LogP contribution < -0.4 is 11.1 Å². The van der Waals surface area contributed by atoms with Crippen molar-refractivity contribution in [2.24, 2.45) is 5.73 Å². The fourth-order valence-corrected chi connectivity index (χ4v) is 1.21. The minimum atomic E-state index is -0.374. The third kappa shape index (κ3) is 2.74. The van der Waals surface area contributed by atoms with Crippen LogP contribution in [0.2, 0.25) is 0 Å². The average molecular weight is 194 g/mol. The van der Waals surface area contributed by atoms with Crippen molar-refractivity contribution in [3.05, 3.63) is 29.8 Å². The van der Waals surface area contributed by atoms with Gasteiger partial charge < -0.3 is 16.2 Å². The van der Waals surface area contributed by atoms with Gasteiger partial charge in [-0.3, -0.25) is 4.79 Å². The Morgan fingerprint density at radius 3 is 2.50 bits per heavy atom. The minimum Gasteiger partial charge on any atom is -0.508 e. The molecule has 1 aromatic rings. The van der Waals surface area contributed by atoms with Crippen molar-refractivity contribution < 1.29 is 9.90 Å². The van der Waals surface area contributed by atoms with Crippen molar-refractivity contribution in [1.82, 2.24) is 5.32 Å². The van der Waals surface area contributed by atoms with Crippen LogP contribution in [-0.4, -0.2) is 24.1 Å². The van der Waals surface area contributed by atoms with Gasteiger partial charge in [0.05, 0.1) is 6.04 Å². The summed E-state index contributed by atoms with van der Waals surface area (Å²) in [6, 6.07) is 6.34. The van der Waals surface area contributed by atoms with Crippen molar-refractivity contribution in [2.75, 3.05) is 7.05 Å². The van der Waals surface area contributed by atoms with Crippen molar-refractivity contribution in [3.63, 3.8) is 0 Å². The Bertz CT molecular complexity index is 308. The van der Waals surface area contributed by atoms with Gasteiger partial charge >= 0.3 is 0 Å². The Hall–Kier alpha value is -1.55. The van der Waals surface area contributed by atoms with Crippen LogP contribution >= 0.6 is 0 Å². The second-order valence-corrected chi connectivity index (χ2v) is 3.11. The predicted molar refractivity (Wildman–Crippen MR) is 53.9 cm³/mol. The fourth-order valence-electron chi connectivity index (χ4n) is 1.21. The highest BCUT2D eigenvalue weighted by molar-refractivity contribution is 5.80. The van der Waals surface area contributed by atoms with Gasteiger partial charge in [0.25, 0.3) is 0 Å². The molecule has 14 heavy (non-hydrogen) atoms. The molecule has 0 aromatic heterocycles. The maximum Gasteiger partial charge on any atom is 0.234 e. The maximum atomic E-state index is 10.9. The first-order chi connectivity index (χ1) is 6.63. The zero-order valence-electron chi connectivity index (χ0n) is 8.03. The molecule has 76 valence electrons. The van der Waals surface area contributed by atoms with Crippen LogP contribution in [0.15, 0.2) is 24.3 Å². The number of rotatable bonds is 4. The molecule has 1 rings (SSSR count). The first kappa shape index (κ1) is 10.5. The number of phenols is 1. The monoisotopic (exact) mass is 194 g/mol. The number of amides is 1. The summed E-state index contributed by atoms with van der Waals surface area (Å²) >= 11 is 0. The normalized spacial score (nSPS) is 12.4. The highest BCUT2D eigenvalue weighted by Gasteiger charge is 2.12. The molecule has 4 heteroatoms. The topological polar surface area (TPSA) is 75.3 Å². The number of benzene rings is 1. The summed E-state index contributed by atoms with van der Waals surface area (Å²) in [5, 5.41) is 11.9. The van der Waals surface area contributed by atoms with E-state index in [-0.39, 0.29) is 17.7 Å². The zero-order valence-corrected chi connectivity index (χ0v) is 8.03. The second-order valence-electron chi connectivity index (χ2n) is 3.11. The van der Waals surface area contributed by atoms with E-state index < -0.39 is 0 Å². The molecular formula is C10H14N2O2. The molecule has 1 aromatic carbocycles. The Morgan fingerprint density at radius 2 is 2.07 bits per heavy atom.